The van der Waals surface area contributed by atoms with Gasteiger partial charge in [0.05, 0.1) is 32.6 Å². The summed E-state index contributed by atoms with van der Waals surface area (Å²) in [6, 6.07) is 0. The third-order valence-corrected chi connectivity index (χ3v) is 3.53. The maximum absolute atomic E-state index is 11.3. The van der Waals surface area contributed by atoms with Gasteiger partial charge >= 0.3 is 5.97 Å². The summed E-state index contributed by atoms with van der Waals surface area (Å²) in [5.74, 6) is -0.374. The molecule has 1 aliphatic heterocycles. The molecule has 0 radical (unpaired) electrons. The number of anilines is 1. The molecule has 1 aromatic heterocycles. The largest absolute Gasteiger partial charge is 0.465 e. The molecule has 94 valence electrons. The summed E-state index contributed by atoms with van der Waals surface area (Å²) >= 11 is 1.29. The lowest BCUT2D eigenvalue weighted by molar-refractivity contribution is 0.00356. The van der Waals surface area contributed by atoms with Crippen molar-refractivity contribution in [1.29, 1.82) is 0 Å². The van der Waals surface area contributed by atoms with Crippen LogP contribution in [0.25, 0.3) is 0 Å². The lowest BCUT2D eigenvalue weighted by Gasteiger charge is -2.31. The Bertz CT molecular complexity index is 395. The topological polar surface area (TPSA) is 71.9 Å². The van der Waals surface area contributed by atoms with Gasteiger partial charge in [0.2, 0.25) is 0 Å². The van der Waals surface area contributed by atoms with E-state index in [0.29, 0.717) is 24.6 Å². The molecule has 7 heteroatoms. The summed E-state index contributed by atoms with van der Waals surface area (Å²) in [7, 11) is 1.35. The van der Waals surface area contributed by atoms with Gasteiger partial charge in [0.15, 0.2) is 5.13 Å². The molecular weight excluding hydrogens is 244 g/mol. The van der Waals surface area contributed by atoms with Gasteiger partial charge in [0.25, 0.3) is 0 Å². The lowest BCUT2D eigenvalue weighted by Crippen LogP contribution is -2.44. The van der Waals surface area contributed by atoms with Gasteiger partial charge in [-0.1, -0.05) is 11.3 Å². The summed E-state index contributed by atoms with van der Waals surface area (Å²) in [6.45, 7) is 1.85. The fraction of sp³-hybridized carbons (Fsp3) is 0.600. The summed E-state index contributed by atoms with van der Waals surface area (Å²) in [5, 5.41) is 9.80. The van der Waals surface area contributed by atoms with Crippen molar-refractivity contribution in [1.82, 2.24) is 4.98 Å². The minimum atomic E-state index is -0.374. The van der Waals surface area contributed by atoms with Crippen LogP contribution in [0.2, 0.25) is 0 Å². The van der Waals surface area contributed by atoms with E-state index in [0.717, 1.165) is 5.13 Å². The minimum Gasteiger partial charge on any atom is -0.465 e. The van der Waals surface area contributed by atoms with Gasteiger partial charge in [0, 0.05) is 13.1 Å². The summed E-state index contributed by atoms with van der Waals surface area (Å²) in [5.41, 5.74) is 0. The van der Waals surface area contributed by atoms with E-state index in [1.807, 2.05) is 4.90 Å². The van der Waals surface area contributed by atoms with Gasteiger partial charge in [-0.2, -0.15) is 0 Å². The van der Waals surface area contributed by atoms with Crippen LogP contribution in [0.15, 0.2) is 6.20 Å². The van der Waals surface area contributed by atoms with Crippen molar-refractivity contribution in [3.63, 3.8) is 0 Å². The number of aliphatic hydroxyl groups excluding tert-OH is 1. The second kappa shape index (κ2) is 5.44. The van der Waals surface area contributed by atoms with E-state index in [1.54, 1.807) is 0 Å². The van der Waals surface area contributed by atoms with Gasteiger partial charge in [-0.3, -0.25) is 0 Å². The first-order valence-electron chi connectivity index (χ1n) is 5.26. The molecule has 1 atom stereocenters. The van der Waals surface area contributed by atoms with Crippen molar-refractivity contribution in [2.24, 2.45) is 0 Å². The van der Waals surface area contributed by atoms with E-state index in [2.05, 4.69) is 9.72 Å². The number of carbonyl (C=O) groups is 1. The van der Waals surface area contributed by atoms with Gasteiger partial charge in [-0.15, -0.1) is 0 Å². The SMILES string of the molecule is COC(=O)c1cnc(N2CCOC(CO)C2)s1. The number of hydrogen-bond acceptors (Lipinski definition) is 7. The van der Waals surface area contributed by atoms with Crippen molar-refractivity contribution < 1.29 is 19.4 Å². The molecule has 6 nitrogen and oxygen atoms in total. The number of morpholine rings is 1. The molecule has 1 saturated heterocycles. The number of aliphatic hydroxyl groups is 1. The van der Waals surface area contributed by atoms with Crippen LogP contribution >= 0.6 is 11.3 Å². The van der Waals surface area contributed by atoms with Gasteiger partial charge in [-0.05, 0) is 0 Å². The first-order valence-corrected chi connectivity index (χ1v) is 6.07. The molecule has 1 unspecified atom stereocenters. The van der Waals surface area contributed by atoms with Crippen LogP contribution in [0.5, 0.6) is 0 Å². The summed E-state index contributed by atoms with van der Waals surface area (Å²) < 4.78 is 9.98. The average molecular weight is 258 g/mol. The average Bonchev–Trinajstić information content (AvgIpc) is 2.87. The highest BCUT2D eigenvalue weighted by Crippen LogP contribution is 2.24. The smallest absolute Gasteiger partial charge is 0.349 e. The Balaban J connectivity index is 2.06. The van der Waals surface area contributed by atoms with Crippen molar-refractivity contribution >= 4 is 22.4 Å². The van der Waals surface area contributed by atoms with Crippen LogP contribution in [0, 0.1) is 0 Å². The number of methoxy groups -OCH3 is 1. The van der Waals surface area contributed by atoms with Gasteiger partial charge in [-0.25, -0.2) is 9.78 Å². The number of ether oxygens (including phenoxy) is 2. The molecule has 0 saturated carbocycles. The predicted molar refractivity (Wildman–Crippen MR) is 62.5 cm³/mol. The predicted octanol–water partition coefficient (Wildman–Crippen LogP) is 0.127. The zero-order valence-electron chi connectivity index (χ0n) is 9.46. The molecule has 0 aromatic carbocycles. The summed E-state index contributed by atoms with van der Waals surface area (Å²) in [4.78, 5) is 18.0. The number of rotatable bonds is 3. The molecule has 1 fully saturated rings. The van der Waals surface area contributed by atoms with Crippen LogP contribution in [0.3, 0.4) is 0 Å². The Kier molecular flexibility index (Phi) is 3.93. The maximum atomic E-state index is 11.3. The number of esters is 1. The quantitative estimate of drug-likeness (QED) is 0.777. The van der Waals surface area contributed by atoms with Crippen LogP contribution < -0.4 is 4.90 Å². The van der Waals surface area contributed by atoms with Crippen molar-refractivity contribution in [3.8, 4) is 0 Å². The third-order valence-electron chi connectivity index (χ3n) is 2.49. The Morgan fingerprint density at radius 2 is 2.65 bits per heavy atom. The normalized spacial score (nSPS) is 20.4. The minimum absolute atomic E-state index is 0.00820. The lowest BCUT2D eigenvalue weighted by atomic mass is 10.3. The first kappa shape index (κ1) is 12.3. The molecule has 1 aliphatic rings. The Hall–Kier alpha value is -1.18. The standard InChI is InChI=1S/C10H14N2O4S/c1-15-9(14)8-4-11-10(17-8)12-2-3-16-7(5-12)6-13/h4,7,13H,2-3,5-6H2,1H3. The third kappa shape index (κ3) is 2.74. The maximum Gasteiger partial charge on any atom is 0.349 e. The number of carbonyl (C=O) groups excluding carboxylic acids is 1. The zero-order valence-corrected chi connectivity index (χ0v) is 10.3. The fourth-order valence-corrected chi connectivity index (χ4v) is 2.48. The highest BCUT2D eigenvalue weighted by molar-refractivity contribution is 7.17. The van der Waals surface area contributed by atoms with E-state index in [4.69, 9.17) is 9.84 Å². The molecular formula is C10H14N2O4S. The van der Waals surface area contributed by atoms with Gasteiger partial charge in [0.1, 0.15) is 4.88 Å². The molecule has 0 aliphatic carbocycles. The highest BCUT2D eigenvalue weighted by atomic mass is 32.1. The van der Waals surface area contributed by atoms with E-state index in [9.17, 15) is 4.79 Å². The van der Waals surface area contributed by atoms with Crippen molar-refractivity contribution in [3.05, 3.63) is 11.1 Å². The Morgan fingerprint density at radius 3 is 3.35 bits per heavy atom. The zero-order chi connectivity index (χ0) is 12.3. The van der Waals surface area contributed by atoms with Gasteiger partial charge < -0.3 is 19.5 Å². The molecule has 1 aromatic rings. The second-order valence-corrected chi connectivity index (χ2v) is 4.63. The number of thiazole rings is 1. The Labute approximate surface area is 103 Å². The molecule has 2 heterocycles. The van der Waals surface area contributed by atoms with E-state index in [-0.39, 0.29) is 18.7 Å². The van der Waals surface area contributed by atoms with Crippen molar-refractivity contribution in [2.45, 2.75) is 6.10 Å². The van der Waals surface area contributed by atoms with Crippen LogP contribution in [-0.2, 0) is 9.47 Å². The molecule has 17 heavy (non-hydrogen) atoms. The van der Waals surface area contributed by atoms with Crippen LogP contribution in [-0.4, -0.2) is 55.6 Å². The van der Waals surface area contributed by atoms with E-state index >= 15 is 0 Å². The Morgan fingerprint density at radius 1 is 1.82 bits per heavy atom. The molecule has 1 N–H and O–H groups in total. The number of nitrogens with zero attached hydrogens (tertiary/aromatic N) is 2. The monoisotopic (exact) mass is 258 g/mol. The molecule has 0 bridgehead atoms. The molecule has 0 spiro atoms. The fourth-order valence-electron chi connectivity index (χ4n) is 1.61. The number of hydrogen-bond donors (Lipinski definition) is 1. The highest BCUT2D eigenvalue weighted by Gasteiger charge is 2.23. The van der Waals surface area contributed by atoms with Crippen molar-refractivity contribution in [2.75, 3.05) is 38.3 Å². The molecule has 0 amide bonds. The van der Waals surface area contributed by atoms with E-state index < -0.39 is 0 Å². The number of aromatic nitrogens is 1. The second-order valence-electron chi connectivity index (χ2n) is 3.62. The summed E-state index contributed by atoms with van der Waals surface area (Å²) in [6.07, 6.45) is 1.32. The van der Waals surface area contributed by atoms with Crippen LogP contribution in [0.1, 0.15) is 9.67 Å². The van der Waals surface area contributed by atoms with Crippen LogP contribution in [0.4, 0.5) is 5.13 Å². The van der Waals surface area contributed by atoms with E-state index in [1.165, 1.54) is 24.6 Å². The first-order chi connectivity index (χ1) is 8.24. The molecule has 2 rings (SSSR count).